The molecule has 132 valence electrons. The molecule has 0 aromatic heterocycles. The molecule has 0 radical (unpaired) electrons. The Balaban J connectivity index is 2.20. The van der Waals surface area contributed by atoms with E-state index in [0.717, 1.165) is 37.9 Å². The number of fused-ring (bicyclic) bond motifs is 4. The fourth-order valence-electron chi connectivity index (χ4n) is 3.59. The summed E-state index contributed by atoms with van der Waals surface area (Å²) in [5, 5.41) is 15.2. The van der Waals surface area contributed by atoms with Crippen LogP contribution in [0.5, 0.6) is 0 Å². The third kappa shape index (κ3) is 2.83. The number of aliphatic hydroxyl groups excluding tert-OH is 1. The maximum atomic E-state index is 11.2. The van der Waals surface area contributed by atoms with E-state index in [4.69, 9.17) is 8.74 Å². The van der Waals surface area contributed by atoms with E-state index in [9.17, 15) is 13.5 Å². The molecule has 0 bridgehead atoms. The molecule has 0 aliphatic heterocycles. The first-order chi connectivity index (χ1) is 12.5. The molecular formula is C20H16O5S. The summed E-state index contributed by atoms with van der Waals surface area (Å²) in [5.74, 6) is 0. The Morgan fingerprint density at radius 2 is 1.38 bits per heavy atom. The fraction of sp³-hybridized carbons (Fsp3) is 0.100. The van der Waals surface area contributed by atoms with E-state index >= 15 is 0 Å². The smallest absolute Gasteiger partial charge is 0.392 e. The number of hydrogen-bond acceptors (Lipinski definition) is 4. The van der Waals surface area contributed by atoms with E-state index in [2.05, 4.69) is 0 Å². The maximum Gasteiger partial charge on any atom is 0.397 e. The highest BCUT2D eigenvalue weighted by Crippen LogP contribution is 2.37. The molecule has 6 heteroatoms. The molecule has 0 saturated carbocycles. The van der Waals surface area contributed by atoms with Crippen molar-refractivity contribution < 1.29 is 22.3 Å². The normalized spacial score (nSPS) is 12.2. The maximum absolute atomic E-state index is 11.2. The highest BCUT2D eigenvalue weighted by molar-refractivity contribution is 7.80. The van der Waals surface area contributed by atoms with Gasteiger partial charge in [-0.15, -0.1) is 0 Å². The summed E-state index contributed by atoms with van der Waals surface area (Å²) in [5.41, 5.74) is 1.43. The summed E-state index contributed by atoms with van der Waals surface area (Å²) in [4.78, 5) is 0. The molecule has 0 fully saturated rings. The van der Waals surface area contributed by atoms with Gasteiger partial charge in [-0.05, 0) is 43.4 Å². The van der Waals surface area contributed by atoms with Crippen molar-refractivity contribution in [1.82, 2.24) is 0 Å². The van der Waals surface area contributed by atoms with Crippen molar-refractivity contribution in [2.45, 2.75) is 13.2 Å². The topological polar surface area (TPSA) is 83.8 Å². The number of rotatable bonds is 4. The van der Waals surface area contributed by atoms with Gasteiger partial charge in [0, 0.05) is 0 Å². The lowest BCUT2D eigenvalue weighted by Gasteiger charge is -2.17. The van der Waals surface area contributed by atoms with Gasteiger partial charge in [-0.3, -0.25) is 4.55 Å². The van der Waals surface area contributed by atoms with Crippen LogP contribution in [0.2, 0.25) is 0 Å². The molecule has 4 aromatic rings. The summed E-state index contributed by atoms with van der Waals surface area (Å²) >= 11 is 0. The molecule has 0 aliphatic rings. The number of hydrogen-bond donors (Lipinski definition) is 2. The fourth-order valence-corrected chi connectivity index (χ4v) is 3.86. The average Bonchev–Trinajstić information content (AvgIpc) is 2.64. The van der Waals surface area contributed by atoms with Crippen LogP contribution in [0.1, 0.15) is 11.1 Å². The van der Waals surface area contributed by atoms with E-state index in [1.165, 1.54) is 0 Å². The summed E-state index contributed by atoms with van der Waals surface area (Å²) in [6.45, 7) is -0.440. The molecule has 26 heavy (non-hydrogen) atoms. The van der Waals surface area contributed by atoms with Gasteiger partial charge < -0.3 is 5.11 Å². The van der Waals surface area contributed by atoms with E-state index in [1.54, 1.807) is 0 Å². The quantitative estimate of drug-likeness (QED) is 0.324. The highest BCUT2D eigenvalue weighted by atomic mass is 32.3. The Labute approximate surface area is 150 Å². The Kier molecular flexibility index (Phi) is 4.13. The van der Waals surface area contributed by atoms with E-state index < -0.39 is 10.4 Å². The zero-order chi connectivity index (χ0) is 18.3. The van der Waals surface area contributed by atoms with E-state index in [-0.39, 0.29) is 13.2 Å². The Morgan fingerprint density at radius 3 is 2.04 bits per heavy atom. The molecule has 4 aromatic carbocycles. The van der Waals surface area contributed by atoms with Crippen LogP contribution in [0.4, 0.5) is 0 Å². The molecule has 0 atom stereocenters. The minimum atomic E-state index is -4.58. The zero-order valence-electron chi connectivity index (χ0n) is 13.7. The van der Waals surface area contributed by atoms with Crippen molar-refractivity contribution in [2.24, 2.45) is 0 Å². The highest BCUT2D eigenvalue weighted by Gasteiger charge is 2.17. The lowest BCUT2D eigenvalue weighted by Crippen LogP contribution is -2.05. The van der Waals surface area contributed by atoms with Crippen LogP contribution in [-0.4, -0.2) is 18.1 Å². The first kappa shape index (κ1) is 16.9. The summed E-state index contributed by atoms with van der Waals surface area (Å²) < 4.78 is 36.1. The van der Waals surface area contributed by atoms with Crippen LogP contribution < -0.4 is 0 Å². The van der Waals surface area contributed by atoms with Gasteiger partial charge in [-0.1, -0.05) is 60.7 Å². The van der Waals surface area contributed by atoms with Gasteiger partial charge in [0.1, 0.15) is 0 Å². The van der Waals surface area contributed by atoms with Crippen LogP contribution >= 0.6 is 0 Å². The van der Waals surface area contributed by atoms with Gasteiger partial charge in [-0.2, -0.15) is 8.42 Å². The second-order valence-electron chi connectivity index (χ2n) is 6.06. The number of aliphatic hydroxyl groups is 1. The SMILES string of the molecule is O=S(=O)(O)OCc1c2ccccc2c(CO)c2ccc3ccccc3c12. The molecule has 4 rings (SSSR count). The first-order valence-electron chi connectivity index (χ1n) is 8.06. The average molecular weight is 368 g/mol. The van der Waals surface area contributed by atoms with Crippen LogP contribution in [0, 0.1) is 0 Å². The monoisotopic (exact) mass is 368 g/mol. The lowest BCUT2D eigenvalue weighted by molar-refractivity contribution is 0.261. The first-order valence-corrected chi connectivity index (χ1v) is 9.43. The molecule has 0 spiro atoms. The molecule has 0 unspecified atom stereocenters. The third-order valence-electron chi connectivity index (χ3n) is 4.64. The van der Waals surface area contributed by atoms with Crippen LogP contribution in [0.15, 0.2) is 60.7 Å². The van der Waals surface area contributed by atoms with Crippen molar-refractivity contribution in [3.8, 4) is 0 Å². The second-order valence-corrected chi connectivity index (χ2v) is 7.15. The molecule has 0 heterocycles. The van der Waals surface area contributed by atoms with Gasteiger partial charge in [0.25, 0.3) is 0 Å². The molecule has 0 aliphatic carbocycles. The van der Waals surface area contributed by atoms with Gasteiger partial charge in [0.05, 0.1) is 13.2 Å². The molecule has 0 saturated heterocycles. The van der Waals surface area contributed by atoms with Gasteiger partial charge in [-0.25, -0.2) is 4.18 Å². The van der Waals surface area contributed by atoms with Crippen LogP contribution in [0.3, 0.4) is 0 Å². The van der Waals surface area contributed by atoms with Crippen molar-refractivity contribution in [3.63, 3.8) is 0 Å². The van der Waals surface area contributed by atoms with Gasteiger partial charge in [0.15, 0.2) is 0 Å². The van der Waals surface area contributed by atoms with Crippen LogP contribution in [-0.2, 0) is 27.8 Å². The van der Waals surface area contributed by atoms with Crippen molar-refractivity contribution in [3.05, 3.63) is 71.8 Å². The molecule has 0 amide bonds. The minimum Gasteiger partial charge on any atom is -0.392 e. The molecule has 2 N–H and O–H groups in total. The predicted octanol–water partition coefficient (Wildman–Crippen LogP) is 3.96. The molecular weight excluding hydrogens is 352 g/mol. The van der Waals surface area contributed by atoms with Crippen LogP contribution in [0.25, 0.3) is 32.3 Å². The minimum absolute atomic E-state index is 0.144. The van der Waals surface area contributed by atoms with Gasteiger partial charge in [0.2, 0.25) is 0 Å². The van der Waals surface area contributed by atoms with Gasteiger partial charge >= 0.3 is 10.4 Å². The predicted molar refractivity (Wildman–Crippen MR) is 101 cm³/mol. The summed E-state index contributed by atoms with van der Waals surface area (Å²) in [6.07, 6.45) is 0. The Bertz CT molecular complexity index is 1250. The summed E-state index contributed by atoms with van der Waals surface area (Å²) in [7, 11) is -4.58. The van der Waals surface area contributed by atoms with Crippen molar-refractivity contribution in [2.75, 3.05) is 0 Å². The van der Waals surface area contributed by atoms with E-state index in [1.807, 2.05) is 60.7 Å². The van der Waals surface area contributed by atoms with Crippen molar-refractivity contribution >= 4 is 42.7 Å². The second kappa shape index (κ2) is 6.34. The van der Waals surface area contributed by atoms with Crippen molar-refractivity contribution in [1.29, 1.82) is 0 Å². The Hall–Kier alpha value is -2.51. The standard InChI is InChI=1S/C20H16O5S/c21-11-18-15-7-3-4-8-16(15)19(12-25-26(22,23)24)20-14-6-2-1-5-13(14)9-10-17(18)20/h1-10,21H,11-12H2,(H,22,23,24). The number of benzene rings is 4. The third-order valence-corrected chi connectivity index (χ3v) is 5.06. The lowest BCUT2D eigenvalue weighted by atomic mass is 9.89. The zero-order valence-corrected chi connectivity index (χ0v) is 14.5. The van der Waals surface area contributed by atoms with E-state index in [0.29, 0.717) is 5.56 Å². The molecule has 5 nitrogen and oxygen atoms in total. The Morgan fingerprint density at radius 1 is 0.769 bits per heavy atom. The summed E-state index contributed by atoms with van der Waals surface area (Å²) in [6, 6.07) is 19.1. The largest absolute Gasteiger partial charge is 0.397 e.